The molecule has 25 heavy (non-hydrogen) atoms. The Kier molecular flexibility index (Phi) is 8.41. The molecule has 142 valence electrons. The lowest BCUT2D eigenvalue weighted by molar-refractivity contribution is 0.140. The molecule has 2 aliphatic carbocycles. The summed E-state index contributed by atoms with van der Waals surface area (Å²) in [5.74, 6) is 1.19. The molecule has 1 saturated carbocycles. The Hall–Kier alpha value is -0.900. The molecule has 0 saturated heterocycles. The van der Waals surface area contributed by atoms with Crippen molar-refractivity contribution in [3.05, 3.63) is 36.0 Å². The number of fused-ring (bicyclic) bond motifs is 1. The van der Waals surface area contributed by atoms with Gasteiger partial charge in [0.1, 0.15) is 0 Å². The summed E-state index contributed by atoms with van der Waals surface area (Å²) >= 11 is 0. The van der Waals surface area contributed by atoms with Crippen LogP contribution in [-0.4, -0.2) is 48.0 Å². The van der Waals surface area contributed by atoms with Crippen LogP contribution in [0.15, 0.2) is 36.0 Å². The second-order valence-electron chi connectivity index (χ2n) is 8.10. The van der Waals surface area contributed by atoms with Crippen LogP contribution in [0.3, 0.4) is 0 Å². The zero-order valence-electron chi connectivity index (χ0n) is 16.3. The Balaban J connectivity index is 1.83. The van der Waals surface area contributed by atoms with Gasteiger partial charge in [0.15, 0.2) is 0 Å². The number of aliphatic hydroxyl groups excluding tert-OH is 2. The lowest BCUT2D eigenvalue weighted by Gasteiger charge is -2.18. The third-order valence-corrected chi connectivity index (χ3v) is 5.64. The number of allylic oxidation sites excluding steroid dienone is 3. The van der Waals surface area contributed by atoms with Gasteiger partial charge in [-0.2, -0.15) is 0 Å². The third kappa shape index (κ3) is 6.40. The van der Waals surface area contributed by atoms with Crippen molar-refractivity contribution in [1.29, 1.82) is 0 Å². The Morgan fingerprint density at radius 1 is 1.32 bits per heavy atom. The van der Waals surface area contributed by atoms with E-state index in [4.69, 9.17) is 0 Å². The second kappa shape index (κ2) is 10.3. The number of unbranched alkanes of at least 4 members (excludes halogenated alkanes) is 2. The molecule has 0 unspecified atom stereocenters. The summed E-state index contributed by atoms with van der Waals surface area (Å²) in [6.45, 7) is 3.26. The molecule has 3 nitrogen and oxygen atoms in total. The van der Waals surface area contributed by atoms with Crippen molar-refractivity contribution in [3.8, 4) is 0 Å². The van der Waals surface area contributed by atoms with Crippen molar-refractivity contribution in [3.63, 3.8) is 0 Å². The smallest absolute Gasteiger partial charge is 0.0721 e. The highest BCUT2D eigenvalue weighted by Gasteiger charge is 2.42. The summed E-state index contributed by atoms with van der Waals surface area (Å²) in [6.07, 6.45) is 17.6. The van der Waals surface area contributed by atoms with Crippen LogP contribution in [0.4, 0.5) is 0 Å². The molecule has 2 aliphatic rings. The largest absolute Gasteiger partial charge is 0.392 e. The standard InChI is InChI=1S/C22H37NO2/c1-4-5-6-10-19(24)11-12-20-21-15-17(9-7-8-13-23(2)3)14-18(21)16-22(20)25/h7,9,11-12,14,18-22,24-25H,4-6,8,10,13,15-16H2,1-3H3/b9-7-,12-11+/t18-,19-,20+,21-,22+/m0/s1. The number of hydrogen-bond acceptors (Lipinski definition) is 3. The normalized spacial score (nSPS) is 30.6. The predicted molar refractivity (Wildman–Crippen MR) is 105 cm³/mol. The maximum atomic E-state index is 10.4. The van der Waals surface area contributed by atoms with E-state index in [1.807, 2.05) is 6.08 Å². The van der Waals surface area contributed by atoms with Gasteiger partial charge in [0.2, 0.25) is 0 Å². The Bertz CT molecular complexity index is 480. The van der Waals surface area contributed by atoms with Crippen LogP contribution in [0, 0.1) is 17.8 Å². The van der Waals surface area contributed by atoms with Gasteiger partial charge in [-0.05, 0) is 51.6 Å². The molecule has 2 rings (SSSR count). The van der Waals surface area contributed by atoms with E-state index in [2.05, 4.69) is 50.2 Å². The predicted octanol–water partition coefficient (Wildman–Crippen LogP) is 3.94. The lowest BCUT2D eigenvalue weighted by atomic mass is 9.89. The highest BCUT2D eigenvalue weighted by molar-refractivity contribution is 5.29. The molecule has 0 radical (unpaired) electrons. The van der Waals surface area contributed by atoms with Gasteiger partial charge in [0, 0.05) is 12.5 Å². The minimum Gasteiger partial charge on any atom is -0.392 e. The van der Waals surface area contributed by atoms with Gasteiger partial charge >= 0.3 is 0 Å². The molecule has 0 aromatic heterocycles. The molecular formula is C22H37NO2. The number of rotatable bonds is 10. The van der Waals surface area contributed by atoms with E-state index in [0.717, 1.165) is 38.6 Å². The highest BCUT2D eigenvalue weighted by atomic mass is 16.3. The average molecular weight is 348 g/mol. The first-order chi connectivity index (χ1) is 12.0. The SMILES string of the molecule is CCCCC[C@H](O)/C=C/[C@@H]1[C@H]2CC(/C=C\CCN(C)C)=C[C@H]2C[C@H]1O. The van der Waals surface area contributed by atoms with Gasteiger partial charge in [-0.3, -0.25) is 0 Å². The summed E-state index contributed by atoms with van der Waals surface area (Å²) in [5.41, 5.74) is 1.42. The van der Waals surface area contributed by atoms with Crippen molar-refractivity contribution in [2.24, 2.45) is 17.8 Å². The van der Waals surface area contributed by atoms with Crippen molar-refractivity contribution < 1.29 is 10.2 Å². The summed E-state index contributed by atoms with van der Waals surface area (Å²) < 4.78 is 0. The maximum Gasteiger partial charge on any atom is 0.0721 e. The summed E-state index contributed by atoms with van der Waals surface area (Å²) in [7, 11) is 4.20. The fourth-order valence-corrected chi connectivity index (χ4v) is 4.19. The molecule has 1 fully saturated rings. The van der Waals surface area contributed by atoms with Crippen LogP contribution in [0.2, 0.25) is 0 Å². The van der Waals surface area contributed by atoms with E-state index in [1.165, 1.54) is 18.4 Å². The monoisotopic (exact) mass is 347 g/mol. The van der Waals surface area contributed by atoms with E-state index in [1.54, 1.807) is 0 Å². The summed E-state index contributed by atoms with van der Waals surface area (Å²) in [4.78, 5) is 2.20. The maximum absolute atomic E-state index is 10.4. The molecule has 0 bridgehead atoms. The van der Waals surface area contributed by atoms with Crippen LogP contribution in [-0.2, 0) is 0 Å². The Morgan fingerprint density at radius 2 is 2.12 bits per heavy atom. The Morgan fingerprint density at radius 3 is 2.84 bits per heavy atom. The highest BCUT2D eigenvalue weighted by Crippen LogP contribution is 2.47. The average Bonchev–Trinajstić information content (AvgIpc) is 3.06. The molecule has 2 N–H and O–H groups in total. The van der Waals surface area contributed by atoms with Crippen molar-refractivity contribution in [2.45, 2.75) is 64.1 Å². The van der Waals surface area contributed by atoms with Crippen LogP contribution in [0.1, 0.15) is 51.9 Å². The number of nitrogens with zero attached hydrogens (tertiary/aromatic N) is 1. The van der Waals surface area contributed by atoms with E-state index >= 15 is 0 Å². The van der Waals surface area contributed by atoms with E-state index in [0.29, 0.717) is 11.8 Å². The third-order valence-electron chi connectivity index (χ3n) is 5.64. The van der Waals surface area contributed by atoms with Crippen molar-refractivity contribution in [1.82, 2.24) is 4.90 Å². The molecule has 0 aliphatic heterocycles. The molecular weight excluding hydrogens is 310 g/mol. The van der Waals surface area contributed by atoms with E-state index in [-0.39, 0.29) is 18.1 Å². The first kappa shape index (κ1) is 20.4. The molecule has 0 spiro atoms. The zero-order chi connectivity index (χ0) is 18.2. The molecule has 3 heteroatoms. The van der Waals surface area contributed by atoms with E-state index in [9.17, 15) is 10.2 Å². The first-order valence-corrected chi connectivity index (χ1v) is 10.1. The topological polar surface area (TPSA) is 43.7 Å². The summed E-state index contributed by atoms with van der Waals surface area (Å²) in [6, 6.07) is 0. The molecule has 0 aromatic rings. The quantitative estimate of drug-likeness (QED) is 0.465. The lowest BCUT2D eigenvalue weighted by Crippen LogP contribution is -2.17. The van der Waals surface area contributed by atoms with Gasteiger partial charge in [-0.1, -0.05) is 62.1 Å². The van der Waals surface area contributed by atoms with Gasteiger partial charge in [-0.15, -0.1) is 0 Å². The van der Waals surface area contributed by atoms with Gasteiger partial charge in [0.25, 0.3) is 0 Å². The number of hydrogen-bond donors (Lipinski definition) is 2. The first-order valence-electron chi connectivity index (χ1n) is 10.1. The van der Waals surface area contributed by atoms with Crippen LogP contribution < -0.4 is 0 Å². The molecule has 5 atom stereocenters. The number of aliphatic hydroxyl groups is 2. The van der Waals surface area contributed by atoms with E-state index < -0.39 is 0 Å². The molecule has 0 heterocycles. The Labute approximate surface area is 154 Å². The van der Waals surface area contributed by atoms with Crippen molar-refractivity contribution in [2.75, 3.05) is 20.6 Å². The zero-order valence-corrected chi connectivity index (χ0v) is 16.3. The van der Waals surface area contributed by atoms with Crippen LogP contribution >= 0.6 is 0 Å². The van der Waals surface area contributed by atoms with Gasteiger partial charge < -0.3 is 15.1 Å². The molecule has 0 aromatic carbocycles. The minimum atomic E-state index is -0.363. The molecule has 0 amide bonds. The van der Waals surface area contributed by atoms with Crippen LogP contribution in [0.5, 0.6) is 0 Å². The second-order valence-corrected chi connectivity index (χ2v) is 8.10. The van der Waals surface area contributed by atoms with Gasteiger partial charge in [0.05, 0.1) is 12.2 Å². The van der Waals surface area contributed by atoms with Crippen LogP contribution in [0.25, 0.3) is 0 Å². The van der Waals surface area contributed by atoms with Crippen molar-refractivity contribution >= 4 is 0 Å². The fourth-order valence-electron chi connectivity index (χ4n) is 4.19. The fraction of sp³-hybridized carbons (Fsp3) is 0.727. The summed E-state index contributed by atoms with van der Waals surface area (Å²) in [5, 5.41) is 20.5. The minimum absolute atomic E-state index is 0.190. The van der Waals surface area contributed by atoms with Gasteiger partial charge in [-0.25, -0.2) is 0 Å².